The van der Waals surface area contributed by atoms with E-state index in [0.717, 1.165) is 17.1 Å². The molecule has 2 aromatic heterocycles. The molecule has 0 fully saturated rings. The number of fused-ring (bicyclic) bond motifs is 13. The van der Waals surface area contributed by atoms with Crippen molar-refractivity contribution in [2.24, 2.45) is 4.99 Å². The van der Waals surface area contributed by atoms with Gasteiger partial charge in [-0.1, -0.05) is 127 Å². The van der Waals surface area contributed by atoms with Crippen molar-refractivity contribution in [1.82, 2.24) is 5.32 Å². The quantitative estimate of drug-likeness (QED) is 0.192. The van der Waals surface area contributed by atoms with Crippen molar-refractivity contribution in [3.8, 4) is 0 Å². The summed E-state index contributed by atoms with van der Waals surface area (Å²) in [7, 11) is 0. The first kappa shape index (κ1) is 33.2. The third kappa shape index (κ3) is 5.08. The van der Waals surface area contributed by atoms with Crippen molar-refractivity contribution in [3.05, 3.63) is 215 Å². The summed E-state index contributed by atoms with van der Waals surface area (Å²) >= 11 is 3.72. The molecule has 4 heterocycles. The number of hydrogen-bond donors (Lipinski definition) is 1. The molecular weight excluding hydrogens is 755 g/mol. The molecule has 0 saturated heterocycles. The highest BCUT2D eigenvalue weighted by Crippen LogP contribution is 2.53. The first-order chi connectivity index (χ1) is 29.2. The van der Waals surface area contributed by atoms with Gasteiger partial charge in [0.15, 0.2) is 0 Å². The Kier molecular flexibility index (Phi) is 7.24. The van der Waals surface area contributed by atoms with Crippen molar-refractivity contribution >= 4 is 103 Å². The Morgan fingerprint density at radius 3 is 2.19 bits per heavy atom. The highest BCUT2D eigenvalue weighted by Gasteiger charge is 2.42. The highest BCUT2D eigenvalue weighted by atomic mass is 32.1. The lowest BCUT2D eigenvalue weighted by molar-refractivity contribution is 0.727. The van der Waals surface area contributed by atoms with Gasteiger partial charge in [-0.15, -0.1) is 22.7 Å². The maximum atomic E-state index is 5.49. The first-order valence-electron chi connectivity index (χ1n) is 20.3. The van der Waals surface area contributed by atoms with Crippen LogP contribution in [-0.2, 0) is 0 Å². The fraction of sp³-hybridized carbons (Fsp3) is 0.0556. The molecule has 1 N–H and O–H groups in total. The Morgan fingerprint density at radius 2 is 1.31 bits per heavy atom. The van der Waals surface area contributed by atoms with Crippen molar-refractivity contribution in [2.75, 3.05) is 4.90 Å². The maximum Gasteiger partial charge on any atom is 0.133 e. The predicted molar refractivity (Wildman–Crippen MR) is 253 cm³/mol. The average Bonchev–Trinajstić information content (AvgIpc) is 3.98. The highest BCUT2D eigenvalue weighted by molar-refractivity contribution is 7.26. The molecule has 8 aromatic carbocycles. The lowest BCUT2D eigenvalue weighted by Gasteiger charge is -2.31. The lowest BCUT2D eigenvalue weighted by atomic mass is 9.80. The van der Waals surface area contributed by atoms with E-state index in [1.165, 1.54) is 90.3 Å². The van der Waals surface area contributed by atoms with Gasteiger partial charge in [-0.3, -0.25) is 4.99 Å². The number of nitrogens with one attached hydrogen (secondary N) is 1. The van der Waals surface area contributed by atoms with Gasteiger partial charge in [0.25, 0.3) is 0 Å². The van der Waals surface area contributed by atoms with Gasteiger partial charge in [0.1, 0.15) is 5.84 Å². The summed E-state index contributed by atoms with van der Waals surface area (Å²) in [5, 5.41) is 11.7. The normalized spacial score (nSPS) is 18.2. The second-order valence-corrected chi connectivity index (χ2v) is 18.0. The summed E-state index contributed by atoms with van der Waals surface area (Å²) in [6, 6.07) is 62.6. The summed E-state index contributed by atoms with van der Waals surface area (Å²) in [5.41, 5.74) is 11.1. The Morgan fingerprint density at radius 1 is 0.576 bits per heavy atom. The standard InChI is InChI=1S/C54H35N3S2/c1-3-12-37-32(10-1)22-27-46-51(37)52-38-13-4-2-11-33(38)23-28-47(52)57(46)36-25-20-34(21-26-36)54-55-44(35-24-29-50-43(30-35)40-15-6-7-18-48(40)58-50)31-45(56-54)42-17-9-16-41-39-14-5-8-19-49(39)59-53(41)42/h1-31,44,46,51H,(H,55,56). The van der Waals surface area contributed by atoms with Crippen molar-refractivity contribution in [3.63, 3.8) is 0 Å². The molecule has 3 unspecified atom stereocenters. The van der Waals surface area contributed by atoms with Gasteiger partial charge in [-0.25, -0.2) is 0 Å². The smallest absolute Gasteiger partial charge is 0.133 e. The van der Waals surface area contributed by atoms with Crippen LogP contribution in [0.15, 0.2) is 187 Å². The second-order valence-electron chi connectivity index (χ2n) is 15.9. The van der Waals surface area contributed by atoms with Crippen LogP contribution in [0.3, 0.4) is 0 Å². The van der Waals surface area contributed by atoms with Crippen molar-refractivity contribution in [2.45, 2.75) is 18.0 Å². The van der Waals surface area contributed by atoms with Crippen LogP contribution >= 0.6 is 22.7 Å². The van der Waals surface area contributed by atoms with Gasteiger partial charge < -0.3 is 10.2 Å². The number of aliphatic imine (C=N–C) groups is 1. The van der Waals surface area contributed by atoms with E-state index in [-0.39, 0.29) is 18.0 Å². The molecule has 0 saturated carbocycles. The van der Waals surface area contributed by atoms with Gasteiger partial charge in [0.2, 0.25) is 0 Å². The van der Waals surface area contributed by atoms with Crippen LogP contribution in [0.4, 0.5) is 11.4 Å². The minimum Gasteiger partial charge on any atom is -0.340 e. The number of hydrogen-bond acceptors (Lipinski definition) is 5. The molecular formula is C54H35N3S2. The molecule has 1 aliphatic carbocycles. The van der Waals surface area contributed by atoms with Crippen LogP contribution in [-0.4, -0.2) is 11.9 Å². The third-order valence-corrected chi connectivity index (χ3v) is 15.0. The molecule has 278 valence electrons. The summed E-state index contributed by atoms with van der Waals surface area (Å²) in [5.74, 6) is 1.12. The Bertz CT molecular complexity index is 3460. The van der Waals surface area contributed by atoms with E-state index in [2.05, 4.69) is 198 Å². The molecule has 3 nitrogen and oxygen atoms in total. The zero-order valence-electron chi connectivity index (χ0n) is 31.8. The number of thiophene rings is 2. The Hall–Kier alpha value is -6.79. The van der Waals surface area contributed by atoms with Gasteiger partial charge >= 0.3 is 0 Å². The van der Waals surface area contributed by atoms with E-state index in [1.54, 1.807) is 0 Å². The molecule has 0 amide bonds. The van der Waals surface area contributed by atoms with E-state index in [1.807, 2.05) is 22.7 Å². The Labute approximate surface area is 349 Å². The maximum absolute atomic E-state index is 5.49. The molecule has 2 aliphatic heterocycles. The van der Waals surface area contributed by atoms with Crippen molar-refractivity contribution < 1.29 is 0 Å². The van der Waals surface area contributed by atoms with Crippen LogP contribution in [0.1, 0.15) is 45.3 Å². The Balaban J connectivity index is 0.934. The topological polar surface area (TPSA) is 27.6 Å². The lowest BCUT2D eigenvalue weighted by Crippen LogP contribution is -2.31. The molecule has 13 rings (SSSR count). The van der Waals surface area contributed by atoms with Crippen LogP contribution in [0.5, 0.6) is 0 Å². The molecule has 0 radical (unpaired) electrons. The van der Waals surface area contributed by atoms with Crippen molar-refractivity contribution in [1.29, 1.82) is 0 Å². The van der Waals surface area contributed by atoms with Gasteiger partial charge in [0.05, 0.1) is 12.1 Å². The number of rotatable bonds is 4. The first-order valence-corrected chi connectivity index (χ1v) is 21.9. The molecule has 3 atom stereocenters. The largest absolute Gasteiger partial charge is 0.340 e. The van der Waals surface area contributed by atoms with E-state index in [0.29, 0.717) is 0 Å². The number of amidine groups is 1. The number of benzene rings is 8. The predicted octanol–water partition coefficient (Wildman–Crippen LogP) is 14.4. The summed E-state index contributed by atoms with van der Waals surface area (Å²) < 4.78 is 5.21. The molecule has 3 aliphatic rings. The SMILES string of the molecule is C1=CC2C(c3ccccc31)c1c(ccc3ccccc13)N2c1ccc(C2=NC(c3ccc4sc5ccccc5c4c3)C=C(c3cccc4c3sc3ccccc34)N2)cc1. The minimum absolute atomic E-state index is 0.166. The van der Waals surface area contributed by atoms with Crippen LogP contribution in [0.2, 0.25) is 0 Å². The van der Waals surface area contributed by atoms with Gasteiger partial charge in [-0.2, -0.15) is 0 Å². The molecule has 59 heavy (non-hydrogen) atoms. The summed E-state index contributed by atoms with van der Waals surface area (Å²) in [6.07, 6.45) is 7.05. The van der Waals surface area contributed by atoms with E-state index in [9.17, 15) is 0 Å². The van der Waals surface area contributed by atoms with Gasteiger partial charge in [0, 0.05) is 74.5 Å². The third-order valence-electron chi connectivity index (χ3n) is 12.7. The van der Waals surface area contributed by atoms with Gasteiger partial charge in [-0.05, 0) is 93.7 Å². The summed E-state index contributed by atoms with van der Waals surface area (Å²) in [4.78, 5) is 8.04. The van der Waals surface area contributed by atoms with Crippen LogP contribution in [0, 0.1) is 0 Å². The van der Waals surface area contributed by atoms with E-state index < -0.39 is 0 Å². The van der Waals surface area contributed by atoms with E-state index in [4.69, 9.17) is 4.99 Å². The molecule has 10 aromatic rings. The molecule has 0 bridgehead atoms. The fourth-order valence-electron chi connectivity index (χ4n) is 9.97. The molecule has 5 heteroatoms. The zero-order valence-corrected chi connectivity index (χ0v) is 33.5. The monoisotopic (exact) mass is 789 g/mol. The minimum atomic E-state index is -0.166. The van der Waals surface area contributed by atoms with E-state index >= 15 is 0 Å². The van der Waals surface area contributed by atoms with Crippen LogP contribution < -0.4 is 10.2 Å². The average molecular weight is 790 g/mol. The fourth-order valence-corrected chi connectivity index (χ4v) is 12.3. The second kappa shape index (κ2) is 12.9. The zero-order chi connectivity index (χ0) is 38.6. The number of anilines is 2. The molecule has 0 spiro atoms. The summed E-state index contributed by atoms with van der Waals surface area (Å²) in [6.45, 7) is 0. The number of nitrogens with zero attached hydrogens (tertiary/aromatic N) is 2. The van der Waals surface area contributed by atoms with Crippen LogP contribution in [0.25, 0.3) is 62.9 Å².